The van der Waals surface area contributed by atoms with E-state index in [1.54, 1.807) is 6.07 Å². The lowest BCUT2D eigenvalue weighted by Gasteiger charge is -2.10. The van der Waals surface area contributed by atoms with Crippen molar-refractivity contribution in [1.82, 2.24) is 0 Å². The molecule has 0 aromatic heterocycles. The molecule has 1 saturated carbocycles. The first-order chi connectivity index (χ1) is 8.08. The summed E-state index contributed by atoms with van der Waals surface area (Å²) in [5.41, 5.74) is 6.50. The number of nitro groups is 1. The molecule has 2 rings (SSSR count). The predicted octanol–water partition coefficient (Wildman–Crippen LogP) is 1.43. The Balaban J connectivity index is 2.51. The van der Waals surface area contributed by atoms with Crippen LogP contribution in [0.5, 0.6) is 11.5 Å². The highest BCUT2D eigenvalue weighted by molar-refractivity contribution is 5.59. The molecule has 0 radical (unpaired) electrons. The van der Waals surface area contributed by atoms with Gasteiger partial charge < -0.3 is 15.2 Å². The van der Waals surface area contributed by atoms with Gasteiger partial charge in [0.1, 0.15) is 0 Å². The van der Waals surface area contributed by atoms with E-state index in [4.69, 9.17) is 15.2 Å². The largest absolute Gasteiger partial charge is 0.493 e. The molecule has 1 fully saturated rings. The summed E-state index contributed by atoms with van der Waals surface area (Å²) in [4.78, 5) is 10.5. The van der Waals surface area contributed by atoms with Crippen molar-refractivity contribution in [2.24, 2.45) is 5.73 Å². The molecule has 0 saturated heterocycles. The van der Waals surface area contributed by atoms with E-state index in [0.717, 1.165) is 12.0 Å². The first-order valence-electron chi connectivity index (χ1n) is 5.24. The molecule has 17 heavy (non-hydrogen) atoms. The molecule has 1 aliphatic rings. The van der Waals surface area contributed by atoms with E-state index in [2.05, 4.69) is 0 Å². The van der Waals surface area contributed by atoms with Crippen LogP contribution in [0.1, 0.15) is 17.9 Å². The molecule has 0 amide bonds. The number of nitrogens with two attached hydrogens (primary N) is 1. The van der Waals surface area contributed by atoms with Gasteiger partial charge in [-0.25, -0.2) is 0 Å². The van der Waals surface area contributed by atoms with Crippen LogP contribution in [-0.4, -0.2) is 25.2 Å². The predicted molar refractivity (Wildman–Crippen MR) is 61.5 cm³/mol. The van der Waals surface area contributed by atoms with E-state index in [1.807, 2.05) is 0 Å². The van der Waals surface area contributed by atoms with Crippen LogP contribution < -0.4 is 15.2 Å². The van der Waals surface area contributed by atoms with Crippen LogP contribution in [0, 0.1) is 10.1 Å². The van der Waals surface area contributed by atoms with Gasteiger partial charge in [-0.2, -0.15) is 0 Å². The lowest BCUT2D eigenvalue weighted by molar-refractivity contribution is -0.385. The van der Waals surface area contributed by atoms with Gasteiger partial charge in [-0.05, 0) is 18.1 Å². The number of ether oxygens (including phenoxy) is 2. The van der Waals surface area contributed by atoms with Gasteiger partial charge in [-0.1, -0.05) is 0 Å². The Bertz CT molecular complexity index is 461. The first-order valence-corrected chi connectivity index (χ1v) is 5.24. The van der Waals surface area contributed by atoms with Crippen molar-refractivity contribution in [3.8, 4) is 11.5 Å². The number of rotatable bonds is 4. The number of methoxy groups -OCH3 is 2. The third kappa shape index (κ3) is 2.03. The van der Waals surface area contributed by atoms with Crippen molar-refractivity contribution < 1.29 is 14.4 Å². The highest BCUT2D eigenvalue weighted by Crippen LogP contribution is 2.45. The van der Waals surface area contributed by atoms with Crippen LogP contribution in [0.3, 0.4) is 0 Å². The normalized spacial score (nSPS) is 22.1. The van der Waals surface area contributed by atoms with Gasteiger partial charge in [-0.15, -0.1) is 0 Å². The summed E-state index contributed by atoms with van der Waals surface area (Å²) in [5, 5.41) is 11.0. The maximum absolute atomic E-state index is 11.0. The van der Waals surface area contributed by atoms with E-state index >= 15 is 0 Å². The summed E-state index contributed by atoms with van der Waals surface area (Å²) in [6.07, 6.45) is 0.854. The van der Waals surface area contributed by atoms with Crippen LogP contribution in [0.25, 0.3) is 0 Å². The summed E-state index contributed by atoms with van der Waals surface area (Å²) >= 11 is 0. The average Bonchev–Trinajstić information content (AvgIpc) is 3.04. The van der Waals surface area contributed by atoms with E-state index in [0.29, 0.717) is 5.75 Å². The van der Waals surface area contributed by atoms with Crippen molar-refractivity contribution in [2.75, 3.05) is 14.2 Å². The number of nitro benzene ring substituents is 1. The van der Waals surface area contributed by atoms with Gasteiger partial charge >= 0.3 is 5.69 Å². The second kappa shape index (κ2) is 4.21. The van der Waals surface area contributed by atoms with Gasteiger partial charge in [0, 0.05) is 18.0 Å². The zero-order valence-electron chi connectivity index (χ0n) is 9.67. The summed E-state index contributed by atoms with van der Waals surface area (Å²) in [6, 6.07) is 3.36. The van der Waals surface area contributed by atoms with Gasteiger partial charge in [0.15, 0.2) is 5.75 Å². The zero-order valence-corrected chi connectivity index (χ0v) is 9.67. The van der Waals surface area contributed by atoms with Crippen molar-refractivity contribution in [3.63, 3.8) is 0 Å². The number of hydrogen-bond acceptors (Lipinski definition) is 5. The maximum Gasteiger partial charge on any atom is 0.315 e. The van der Waals surface area contributed by atoms with E-state index in [1.165, 1.54) is 20.3 Å². The fourth-order valence-electron chi connectivity index (χ4n) is 1.91. The third-order valence-electron chi connectivity index (χ3n) is 2.95. The van der Waals surface area contributed by atoms with Crippen LogP contribution >= 0.6 is 0 Å². The third-order valence-corrected chi connectivity index (χ3v) is 2.95. The molecule has 6 nitrogen and oxygen atoms in total. The minimum atomic E-state index is -0.473. The summed E-state index contributed by atoms with van der Waals surface area (Å²) in [6.45, 7) is 0. The Morgan fingerprint density at radius 2 is 2.06 bits per heavy atom. The van der Waals surface area contributed by atoms with Crippen LogP contribution in [0.2, 0.25) is 0 Å². The van der Waals surface area contributed by atoms with Crippen molar-refractivity contribution in [3.05, 3.63) is 27.8 Å². The smallest absolute Gasteiger partial charge is 0.315 e. The summed E-state index contributed by atoms with van der Waals surface area (Å²) in [7, 11) is 2.84. The van der Waals surface area contributed by atoms with Gasteiger partial charge in [0.25, 0.3) is 0 Å². The number of benzene rings is 1. The molecule has 6 heteroatoms. The van der Waals surface area contributed by atoms with Crippen molar-refractivity contribution in [1.29, 1.82) is 0 Å². The minimum absolute atomic E-state index is 0.0825. The Hall–Kier alpha value is -1.82. The van der Waals surface area contributed by atoms with Gasteiger partial charge in [0.05, 0.1) is 19.1 Å². The molecular weight excluding hydrogens is 224 g/mol. The fraction of sp³-hybridized carbons (Fsp3) is 0.455. The molecule has 2 N–H and O–H groups in total. The topological polar surface area (TPSA) is 87.6 Å². The van der Waals surface area contributed by atoms with E-state index in [9.17, 15) is 10.1 Å². The number of hydrogen-bond donors (Lipinski definition) is 1. The molecule has 92 valence electrons. The maximum atomic E-state index is 11.0. The lowest BCUT2D eigenvalue weighted by Crippen LogP contribution is -2.03. The van der Waals surface area contributed by atoms with E-state index < -0.39 is 4.92 Å². The monoisotopic (exact) mass is 238 g/mol. The quantitative estimate of drug-likeness (QED) is 0.633. The highest BCUT2D eigenvalue weighted by Gasteiger charge is 2.37. The van der Waals surface area contributed by atoms with Crippen LogP contribution in [0.4, 0.5) is 5.69 Å². The average molecular weight is 238 g/mol. The summed E-state index contributed by atoms with van der Waals surface area (Å²) < 4.78 is 10.1. The first kappa shape index (κ1) is 11.7. The van der Waals surface area contributed by atoms with Gasteiger partial charge in [-0.3, -0.25) is 10.1 Å². The molecule has 0 spiro atoms. The summed E-state index contributed by atoms with van der Waals surface area (Å²) in [5.74, 6) is 0.708. The Morgan fingerprint density at radius 1 is 1.41 bits per heavy atom. The SMILES string of the molecule is COc1cc([C@@H]2C[C@H]2N)cc([N+](=O)[O-])c1OC. The van der Waals surface area contributed by atoms with Gasteiger partial charge in [0.2, 0.25) is 5.75 Å². The Labute approximate surface area is 98.5 Å². The van der Waals surface area contributed by atoms with E-state index in [-0.39, 0.29) is 23.4 Å². The highest BCUT2D eigenvalue weighted by atomic mass is 16.6. The van der Waals surface area contributed by atoms with Crippen LogP contribution in [-0.2, 0) is 0 Å². The molecule has 0 unspecified atom stereocenters. The molecule has 1 aliphatic carbocycles. The standard InChI is InChI=1S/C11H14N2O4/c1-16-10-4-6(7-5-8(7)12)3-9(13(14)15)11(10)17-2/h3-4,7-8H,5,12H2,1-2H3/t7-,8+/m0/s1. The Kier molecular flexibility index (Phi) is 2.89. The molecule has 1 aromatic carbocycles. The second-order valence-corrected chi connectivity index (χ2v) is 4.04. The molecule has 1 aromatic rings. The molecular formula is C11H14N2O4. The fourth-order valence-corrected chi connectivity index (χ4v) is 1.91. The lowest BCUT2D eigenvalue weighted by atomic mass is 10.1. The minimum Gasteiger partial charge on any atom is -0.493 e. The van der Waals surface area contributed by atoms with Crippen molar-refractivity contribution >= 4 is 5.69 Å². The van der Waals surface area contributed by atoms with Crippen molar-refractivity contribution in [2.45, 2.75) is 18.4 Å². The molecule has 0 aliphatic heterocycles. The van der Waals surface area contributed by atoms with Crippen LogP contribution in [0.15, 0.2) is 12.1 Å². The molecule has 2 atom stereocenters. The number of nitrogens with zero attached hydrogens (tertiary/aromatic N) is 1. The Morgan fingerprint density at radius 3 is 2.47 bits per heavy atom. The second-order valence-electron chi connectivity index (χ2n) is 4.04. The molecule has 0 heterocycles. The molecule has 0 bridgehead atoms. The zero-order chi connectivity index (χ0) is 12.6.